The van der Waals surface area contributed by atoms with Gasteiger partial charge < -0.3 is 10.0 Å². The fourth-order valence-corrected chi connectivity index (χ4v) is 3.02. The Morgan fingerprint density at radius 1 is 1.30 bits per heavy atom. The van der Waals surface area contributed by atoms with E-state index in [1.165, 1.54) is 18.3 Å². The molecule has 4 nitrogen and oxygen atoms in total. The average Bonchev–Trinajstić information content (AvgIpc) is 3.04. The number of anilines is 1. The predicted octanol–water partition coefficient (Wildman–Crippen LogP) is 2.43. The second kappa shape index (κ2) is 4.40. The van der Waals surface area contributed by atoms with Gasteiger partial charge in [-0.25, -0.2) is 13.8 Å². The van der Waals surface area contributed by atoms with Crippen molar-refractivity contribution in [2.75, 3.05) is 18.0 Å². The molecule has 1 aromatic heterocycles. The van der Waals surface area contributed by atoms with Gasteiger partial charge in [-0.05, 0) is 25.3 Å². The highest BCUT2D eigenvalue weighted by Gasteiger charge is 2.78. The van der Waals surface area contributed by atoms with Gasteiger partial charge >= 0.3 is 5.97 Å². The van der Waals surface area contributed by atoms with Crippen LogP contribution in [0.1, 0.15) is 31.2 Å². The summed E-state index contributed by atoms with van der Waals surface area (Å²) >= 11 is 0. The number of carbonyl (C=O) groups is 1. The van der Waals surface area contributed by atoms with Crippen LogP contribution < -0.4 is 4.90 Å². The smallest absolute Gasteiger partial charge is 0.320 e. The van der Waals surface area contributed by atoms with Crippen molar-refractivity contribution in [3.05, 3.63) is 23.9 Å². The van der Waals surface area contributed by atoms with E-state index in [1.54, 1.807) is 0 Å². The van der Waals surface area contributed by atoms with Crippen LogP contribution in [0.3, 0.4) is 0 Å². The number of hydrogen-bond donors (Lipinski definition) is 1. The maximum absolute atomic E-state index is 13.7. The third kappa shape index (κ3) is 1.77. The van der Waals surface area contributed by atoms with E-state index in [-0.39, 0.29) is 5.56 Å². The summed E-state index contributed by atoms with van der Waals surface area (Å²) in [5.74, 6) is -4.24. The van der Waals surface area contributed by atoms with Crippen LogP contribution in [0.4, 0.5) is 14.6 Å². The number of pyridine rings is 1. The van der Waals surface area contributed by atoms with E-state index in [2.05, 4.69) is 4.98 Å². The van der Waals surface area contributed by atoms with E-state index in [0.29, 0.717) is 5.82 Å². The maximum Gasteiger partial charge on any atom is 0.320 e. The molecule has 1 saturated heterocycles. The third-order valence-corrected chi connectivity index (χ3v) is 4.25. The molecular weight excluding hydrogens is 266 g/mol. The Labute approximate surface area is 115 Å². The zero-order chi connectivity index (χ0) is 14.4. The van der Waals surface area contributed by atoms with Gasteiger partial charge in [0.15, 0.2) is 5.41 Å². The number of aliphatic carboxylic acids is 1. The van der Waals surface area contributed by atoms with E-state index < -0.39 is 23.7 Å². The van der Waals surface area contributed by atoms with Crippen LogP contribution in [0.2, 0.25) is 0 Å². The topological polar surface area (TPSA) is 53.4 Å². The first-order valence-electron chi connectivity index (χ1n) is 6.81. The van der Waals surface area contributed by atoms with Gasteiger partial charge in [0.1, 0.15) is 5.82 Å². The Morgan fingerprint density at radius 3 is 2.50 bits per heavy atom. The summed E-state index contributed by atoms with van der Waals surface area (Å²) in [4.78, 5) is 17.5. The van der Waals surface area contributed by atoms with Crippen LogP contribution in [0.15, 0.2) is 18.3 Å². The SMILES string of the molecule is O=C(O)C1(c2cccnc2N2CCCCC2)CC1(F)F. The van der Waals surface area contributed by atoms with Gasteiger partial charge in [0.25, 0.3) is 5.92 Å². The summed E-state index contributed by atoms with van der Waals surface area (Å²) < 4.78 is 27.4. The largest absolute Gasteiger partial charge is 0.480 e. The lowest BCUT2D eigenvalue weighted by atomic mass is 9.95. The van der Waals surface area contributed by atoms with Crippen molar-refractivity contribution in [3.63, 3.8) is 0 Å². The number of alkyl halides is 2. The Kier molecular flexibility index (Phi) is 2.92. The molecule has 0 spiro atoms. The molecule has 1 aliphatic heterocycles. The molecule has 0 bridgehead atoms. The molecule has 3 rings (SSSR count). The predicted molar refractivity (Wildman–Crippen MR) is 69.2 cm³/mol. The van der Waals surface area contributed by atoms with E-state index in [1.807, 2.05) is 4.90 Å². The number of carboxylic acids is 1. The van der Waals surface area contributed by atoms with Crippen LogP contribution in [0.25, 0.3) is 0 Å². The van der Waals surface area contributed by atoms with Crippen molar-refractivity contribution >= 4 is 11.8 Å². The molecule has 1 saturated carbocycles. The van der Waals surface area contributed by atoms with Crippen molar-refractivity contribution in [2.45, 2.75) is 37.0 Å². The van der Waals surface area contributed by atoms with E-state index in [4.69, 9.17) is 0 Å². The molecule has 6 heteroatoms. The molecule has 2 fully saturated rings. The lowest BCUT2D eigenvalue weighted by molar-refractivity contribution is -0.142. The van der Waals surface area contributed by atoms with Crippen LogP contribution in [0.5, 0.6) is 0 Å². The minimum absolute atomic E-state index is 0.152. The Bertz CT molecular complexity index is 544. The molecule has 1 atom stereocenters. The minimum Gasteiger partial charge on any atom is -0.480 e. The second-order valence-corrected chi connectivity index (χ2v) is 5.51. The fourth-order valence-electron chi connectivity index (χ4n) is 3.02. The molecular formula is C14H16F2N2O2. The number of piperidine rings is 1. The first kappa shape index (κ1) is 13.3. The van der Waals surface area contributed by atoms with E-state index in [9.17, 15) is 18.7 Å². The van der Waals surface area contributed by atoms with Gasteiger partial charge in [-0.2, -0.15) is 0 Å². The highest BCUT2D eigenvalue weighted by atomic mass is 19.3. The number of halogens is 2. The fraction of sp³-hybridized carbons (Fsp3) is 0.571. The zero-order valence-corrected chi connectivity index (χ0v) is 11.0. The van der Waals surface area contributed by atoms with Gasteiger partial charge in [-0.1, -0.05) is 6.07 Å². The number of aromatic nitrogens is 1. The molecule has 0 amide bonds. The van der Waals surface area contributed by atoms with Gasteiger partial charge in [0, 0.05) is 31.3 Å². The van der Waals surface area contributed by atoms with Gasteiger partial charge in [0.2, 0.25) is 0 Å². The highest BCUT2D eigenvalue weighted by molar-refractivity contribution is 5.89. The average molecular weight is 282 g/mol. The molecule has 108 valence electrons. The van der Waals surface area contributed by atoms with Crippen molar-refractivity contribution < 1.29 is 18.7 Å². The first-order valence-corrected chi connectivity index (χ1v) is 6.81. The van der Waals surface area contributed by atoms with Crippen molar-refractivity contribution in [1.29, 1.82) is 0 Å². The van der Waals surface area contributed by atoms with Crippen molar-refractivity contribution in [1.82, 2.24) is 4.98 Å². The Hall–Kier alpha value is -1.72. The summed E-state index contributed by atoms with van der Waals surface area (Å²) in [6, 6.07) is 3.01. The van der Waals surface area contributed by atoms with E-state index >= 15 is 0 Å². The molecule has 20 heavy (non-hydrogen) atoms. The monoisotopic (exact) mass is 282 g/mol. The Morgan fingerprint density at radius 2 is 1.95 bits per heavy atom. The van der Waals surface area contributed by atoms with Crippen LogP contribution in [-0.2, 0) is 10.2 Å². The lowest BCUT2D eigenvalue weighted by Gasteiger charge is -2.30. The Balaban J connectivity index is 2.04. The van der Waals surface area contributed by atoms with Crippen molar-refractivity contribution in [3.8, 4) is 0 Å². The summed E-state index contributed by atoms with van der Waals surface area (Å²) in [6.07, 6.45) is 3.96. The third-order valence-electron chi connectivity index (χ3n) is 4.25. The number of carboxylic acid groups (broad SMARTS) is 1. The lowest BCUT2D eigenvalue weighted by Crippen LogP contribution is -2.35. The number of rotatable bonds is 3. The summed E-state index contributed by atoms with van der Waals surface area (Å²) in [6.45, 7) is 1.48. The molecule has 2 heterocycles. The zero-order valence-electron chi connectivity index (χ0n) is 11.0. The molecule has 1 aromatic rings. The van der Waals surface area contributed by atoms with E-state index in [0.717, 1.165) is 32.4 Å². The minimum atomic E-state index is -3.19. The van der Waals surface area contributed by atoms with Gasteiger partial charge in [-0.15, -0.1) is 0 Å². The van der Waals surface area contributed by atoms with Crippen molar-refractivity contribution in [2.24, 2.45) is 0 Å². The van der Waals surface area contributed by atoms with Crippen LogP contribution in [0, 0.1) is 0 Å². The summed E-state index contributed by atoms with van der Waals surface area (Å²) in [5, 5.41) is 9.29. The standard InChI is InChI=1S/C14H16F2N2O2/c15-14(16)9-13(14,12(19)20)10-5-4-6-17-11(10)18-7-2-1-3-8-18/h4-6H,1-3,7-9H2,(H,19,20). The molecule has 1 aliphatic carbocycles. The van der Waals surface area contributed by atoms with Gasteiger partial charge in [-0.3, -0.25) is 4.79 Å². The molecule has 2 aliphatic rings. The molecule has 0 aromatic carbocycles. The molecule has 1 unspecified atom stereocenters. The molecule has 0 radical (unpaired) electrons. The summed E-state index contributed by atoms with van der Waals surface area (Å²) in [7, 11) is 0. The van der Waals surface area contributed by atoms with Crippen LogP contribution >= 0.6 is 0 Å². The maximum atomic E-state index is 13.7. The summed E-state index contributed by atoms with van der Waals surface area (Å²) in [5.41, 5.74) is -1.94. The van der Waals surface area contributed by atoms with Crippen LogP contribution in [-0.4, -0.2) is 35.1 Å². The second-order valence-electron chi connectivity index (χ2n) is 5.51. The number of nitrogens with zero attached hydrogens (tertiary/aromatic N) is 2. The normalized spacial score (nSPS) is 28.2. The molecule has 1 N–H and O–H groups in total. The quantitative estimate of drug-likeness (QED) is 0.925. The first-order chi connectivity index (χ1) is 9.49. The highest BCUT2D eigenvalue weighted by Crippen LogP contribution is 2.63. The van der Waals surface area contributed by atoms with Gasteiger partial charge in [0.05, 0.1) is 0 Å². The number of hydrogen-bond acceptors (Lipinski definition) is 3.